The Labute approximate surface area is 201 Å². The third-order valence-electron chi connectivity index (χ3n) is 6.12. The van der Waals surface area contributed by atoms with E-state index in [1.165, 1.54) is 13.4 Å². The maximum Gasteiger partial charge on any atom is 0.234 e. The predicted molar refractivity (Wildman–Crippen MR) is 126 cm³/mol. The molecule has 0 spiro atoms. The van der Waals surface area contributed by atoms with Crippen LogP contribution >= 0.6 is 0 Å². The Morgan fingerprint density at radius 2 is 2.14 bits per heavy atom. The summed E-state index contributed by atoms with van der Waals surface area (Å²) >= 11 is 0. The van der Waals surface area contributed by atoms with Gasteiger partial charge in [0.05, 0.1) is 24.9 Å². The number of aromatic nitrogens is 5. The van der Waals surface area contributed by atoms with Crippen molar-refractivity contribution in [2.24, 2.45) is 0 Å². The van der Waals surface area contributed by atoms with Gasteiger partial charge in [-0.15, -0.1) is 0 Å². The molecule has 11 nitrogen and oxygen atoms in total. The number of nitrogens with one attached hydrogen (secondary N) is 2. The first-order valence-electron chi connectivity index (χ1n) is 11.3. The van der Waals surface area contributed by atoms with E-state index in [1.54, 1.807) is 31.4 Å². The van der Waals surface area contributed by atoms with Gasteiger partial charge in [-0.05, 0) is 18.6 Å². The van der Waals surface area contributed by atoms with Gasteiger partial charge in [-0.3, -0.25) is 9.69 Å². The molecule has 182 valence electrons. The second-order valence-corrected chi connectivity index (χ2v) is 8.49. The Morgan fingerprint density at radius 3 is 2.94 bits per heavy atom. The van der Waals surface area contributed by atoms with Crippen molar-refractivity contribution in [3.8, 4) is 17.1 Å². The molecule has 0 saturated carbocycles. The molecule has 2 aliphatic heterocycles. The number of hydrogen-bond acceptors (Lipinski definition) is 10. The summed E-state index contributed by atoms with van der Waals surface area (Å²) in [5.74, 6) is 0.509. The maximum absolute atomic E-state index is 14.8. The summed E-state index contributed by atoms with van der Waals surface area (Å²) in [7, 11) is 3.11. The number of rotatable bonds is 7. The number of carbonyl (C=O) groups is 1. The van der Waals surface area contributed by atoms with Crippen molar-refractivity contribution in [2.75, 3.05) is 44.0 Å². The first-order valence-corrected chi connectivity index (χ1v) is 11.3. The van der Waals surface area contributed by atoms with Crippen molar-refractivity contribution in [3.63, 3.8) is 0 Å². The first-order chi connectivity index (χ1) is 17.0. The topological polar surface area (TPSA) is 121 Å². The van der Waals surface area contributed by atoms with Crippen LogP contribution in [0.1, 0.15) is 17.7 Å². The van der Waals surface area contributed by atoms with Gasteiger partial charge in [0.25, 0.3) is 0 Å². The zero-order valence-corrected chi connectivity index (χ0v) is 19.5. The molecule has 0 aliphatic carbocycles. The van der Waals surface area contributed by atoms with Crippen LogP contribution in [0.5, 0.6) is 5.75 Å². The minimum Gasteiger partial charge on any atom is -0.494 e. The van der Waals surface area contributed by atoms with E-state index in [9.17, 15) is 9.18 Å². The van der Waals surface area contributed by atoms with Gasteiger partial charge in [-0.25, -0.2) is 14.4 Å². The van der Waals surface area contributed by atoms with Crippen molar-refractivity contribution in [3.05, 3.63) is 47.8 Å². The Bertz CT molecular complexity index is 1220. The smallest absolute Gasteiger partial charge is 0.234 e. The van der Waals surface area contributed by atoms with Crippen LogP contribution in [0.4, 0.5) is 16.3 Å². The van der Waals surface area contributed by atoms with Crippen LogP contribution in [0.25, 0.3) is 11.4 Å². The van der Waals surface area contributed by atoms with Gasteiger partial charge in [-0.1, -0.05) is 6.07 Å². The minimum atomic E-state index is -0.532. The maximum atomic E-state index is 14.8. The van der Waals surface area contributed by atoms with Crippen molar-refractivity contribution in [1.29, 1.82) is 0 Å². The highest BCUT2D eigenvalue weighted by molar-refractivity contribution is 5.78. The first kappa shape index (κ1) is 22.8. The summed E-state index contributed by atoms with van der Waals surface area (Å²) < 4.78 is 19.9. The zero-order chi connectivity index (χ0) is 24.4. The van der Waals surface area contributed by atoms with Crippen molar-refractivity contribution in [1.82, 2.24) is 35.1 Å². The predicted octanol–water partition coefficient (Wildman–Crippen LogP) is 1.23. The largest absolute Gasteiger partial charge is 0.494 e. The second kappa shape index (κ2) is 9.74. The average Bonchev–Trinajstić information content (AvgIpc) is 3.50. The summed E-state index contributed by atoms with van der Waals surface area (Å²) in [4.78, 5) is 38.3. The minimum absolute atomic E-state index is 0.0386. The van der Waals surface area contributed by atoms with E-state index >= 15 is 0 Å². The number of carbonyl (C=O) groups excluding carboxylic acids is 1. The zero-order valence-electron chi connectivity index (χ0n) is 19.5. The Kier molecular flexibility index (Phi) is 6.36. The van der Waals surface area contributed by atoms with Gasteiger partial charge in [0.1, 0.15) is 6.33 Å². The van der Waals surface area contributed by atoms with E-state index in [-0.39, 0.29) is 29.1 Å². The molecule has 5 rings (SSSR count). The molecule has 0 unspecified atom stereocenters. The third kappa shape index (κ3) is 4.83. The van der Waals surface area contributed by atoms with E-state index in [4.69, 9.17) is 4.74 Å². The Morgan fingerprint density at radius 1 is 1.26 bits per heavy atom. The second-order valence-electron chi connectivity index (χ2n) is 8.49. The SMILES string of the molecule is CNc1nc(-c2cccc(OC)c2F)nc(N2CC[C@H](NC(=O)CN3Cc4cncnc4C3)C2)n1. The molecular formula is C23H26FN9O2. The quantitative estimate of drug-likeness (QED) is 0.512. The summed E-state index contributed by atoms with van der Waals surface area (Å²) in [5.41, 5.74) is 2.26. The van der Waals surface area contributed by atoms with Crippen LogP contribution in [0.15, 0.2) is 30.7 Å². The summed E-state index contributed by atoms with van der Waals surface area (Å²) in [6.45, 7) is 2.81. The number of anilines is 2. The average molecular weight is 480 g/mol. The normalized spacial score (nSPS) is 17.3. The van der Waals surface area contributed by atoms with Gasteiger partial charge in [0.2, 0.25) is 17.8 Å². The summed E-state index contributed by atoms with van der Waals surface area (Å²) in [6, 6.07) is 4.79. The lowest BCUT2D eigenvalue weighted by molar-refractivity contribution is -0.122. The molecule has 12 heteroatoms. The van der Waals surface area contributed by atoms with E-state index in [0.29, 0.717) is 44.6 Å². The number of methoxy groups -OCH3 is 1. The van der Waals surface area contributed by atoms with Crippen LogP contribution < -0.4 is 20.3 Å². The molecule has 2 aromatic heterocycles. The number of fused-ring (bicyclic) bond motifs is 1. The van der Waals surface area contributed by atoms with Gasteiger partial charge in [-0.2, -0.15) is 15.0 Å². The molecule has 1 aromatic carbocycles. The van der Waals surface area contributed by atoms with Crippen molar-refractivity contribution >= 4 is 17.8 Å². The van der Waals surface area contributed by atoms with E-state index < -0.39 is 5.82 Å². The molecule has 0 radical (unpaired) electrons. The highest BCUT2D eigenvalue weighted by Gasteiger charge is 2.28. The van der Waals surface area contributed by atoms with E-state index in [0.717, 1.165) is 17.7 Å². The molecule has 2 N–H and O–H groups in total. The highest BCUT2D eigenvalue weighted by Crippen LogP contribution is 2.29. The molecule has 1 fully saturated rings. The van der Waals surface area contributed by atoms with Gasteiger partial charge < -0.3 is 20.3 Å². The van der Waals surface area contributed by atoms with E-state index in [2.05, 4.69) is 35.6 Å². The summed E-state index contributed by atoms with van der Waals surface area (Å²) in [5, 5.41) is 6.02. The lowest BCUT2D eigenvalue weighted by atomic mass is 10.2. The van der Waals surface area contributed by atoms with Crippen LogP contribution in [0.3, 0.4) is 0 Å². The monoisotopic (exact) mass is 479 g/mol. The number of hydrogen-bond donors (Lipinski definition) is 2. The van der Waals surface area contributed by atoms with Crippen LogP contribution in [-0.2, 0) is 17.9 Å². The molecule has 35 heavy (non-hydrogen) atoms. The number of amides is 1. The van der Waals surface area contributed by atoms with Crippen molar-refractivity contribution in [2.45, 2.75) is 25.6 Å². The van der Waals surface area contributed by atoms with Gasteiger partial charge >= 0.3 is 0 Å². The van der Waals surface area contributed by atoms with Crippen LogP contribution in [0, 0.1) is 5.82 Å². The fourth-order valence-corrected chi connectivity index (χ4v) is 4.39. The summed E-state index contributed by atoms with van der Waals surface area (Å²) in [6.07, 6.45) is 4.08. The fourth-order valence-electron chi connectivity index (χ4n) is 4.39. The number of benzene rings is 1. The van der Waals surface area contributed by atoms with Crippen LogP contribution in [0.2, 0.25) is 0 Å². The lowest BCUT2D eigenvalue weighted by Crippen LogP contribution is -2.42. The highest BCUT2D eigenvalue weighted by atomic mass is 19.1. The lowest BCUT2D eigenvalue weighted by Gasteiger charge is -2.19. The fraction of sp³-hybridized carbons (Fsp3) is 0.391. The number of halogens is 1. The van der Waals surface area contributed by atoms with Crippen LogP contribution in [-0.4, -0.2) is 75.6 Å². The van der Waals surface area contributed by atoms with E-state index in [1.807, 2.05) is 9.80 Å². The molecular weight excluding hydrogens is 453 g/mol. The third-order valence-corrected chi connectivity index (χ3v) is 6.12. The number of nitrogens with zero attached hydrogens (tertiary/aromatic N) is 7. The van der Waals surface area contributed by atoms with Crippen molar-refractivity contribution < 1.29 is 13.9 Å². The Hall–Kier alpha value is -3.93. The standard InChI is InChI=1S/C23H26FN9O2/c1-25-22-29-21(16-4-3-5-18(35-2)20(16)24)30-23(31-22)33-7-6-15(10-33)28-19(34)12-32-9-14-8-26-13-27-17(14)11-32/h3-5,8,13,15H,6-7,9-12H2,1-2H3,(H,28,34)(H,25,29,30,31)/t15-/m0/s1. The van der Waals surface area contributed by atoms with Gasteiger partial charge in [0.15, 0.2) is 17.4 Å². The molecule has 1 atom stereocenters. The Balaban J connectivity index is 1.25. The molecule has 3 aromatic rings. The molecule has 1 amide bonds. The molecule has 1 saturated heterocycles. The number of ether oxygens (including phenoxy) is 1. The van der Waals surface area contributed by atoms with Gasteiger partial charge in [0, 0.05) is 51.0 Å². The molecule has 0 bridgehead atoms. The molecule has 2 aliphatic rings. The molecule has 4 heterocycles.